The average Bonchev–Trinajstić information content (AvgIpc) is 2.99. The molecule has 4 nitrogen and oxygen atoms in total. The molecule has 2 rings (SSSR count). The predicted molar refractivity (Wildman–Crippen MR) is 79.6 cm³/mol. The summed E-state index contributed by atoms with van der Waals surface area (Å²) >= 11 is 1.75. The number of hydrogen-bond donors (Lipinski definition) is 1. The highest BCUT2D eigenvalue weighted by atomic mass is 32.1. The maximum Gasteiger partial charge on any atom is 0.110 e. The van der Waals surface area contributed by atoms with Crippen LogP contribution in [0.15, 0.2) is 17.8 Å². The number of likely N-dealkylation sites (N-methyl/N-ethyl adjacent to an activating group) is 1. The number of thiazole rings is 1. The number of nitrogens with zero attached hydrogens (tertiary/aromatic N) is 3. The minimum atomic E-state index is 0.406. The fourth-order valence-corrected chi connectivity index (χ4v) is 3.10. The molecule has 0 fully saturated rings. The van der Waals surface area contributed by atoms with E-state index < -0.39 is 0 Å². The maximum absolute atomic E-state index is 4.56. The molecule has 0 radical (unpaired) electrons. The molecule has 104 valence electrons. The normalized spacial score (nSPS) is 12.8. The van der Waals surface area contributed by atoms with Gasteiger partial charge in [0, 0.05) is 48.9 Å². The summed E-state index contributed by atoms with van der Waals surface area (Å²) in [6.45, 7) is 8.29. The van der Waals surface area contributed by atoms with Crippen molar-refractivity contribution in [1.82, 2.24) is 19.9 Å². The molecule has 0 saturated heterocycles. The summed E-state index contributed by atoms with van der Waals surface area (Å²) in [7, 11) is 0. The van der Waals surface area contributed by atoms with E-state index in [0.29, 0.717) is 6.04 Å². The molecule has 0 aliphatic carbocycles. The highest BCUT2D eigenvalue weighted by Gasteiger charge is 2.14. The second kappa shape index (κ2) is 6.82. The molecule has 1 N–H and O–H groups in total. The van der Waals surface area contributed by atoms with Crippen LogP contribution in [0.25, 0.3) is 0 Å². The van der Waals surface area contributed by atoms with Crippen LogP contribution >= 0.6 is 11.3 Å². The summed E-state index contributed by atoms with van der Waals surface area (Å²) in [6.07, 6.45) is 5.86. The van der Waals surface area contributed by atoms with Gasteiger partial charge < -0.3 is 9.88 Å². The molecule has 0 aliphatic heterocycles. The van der Waals surface area contributed by atoms with Crippen molar-refractivity contribution in [2.24, 2.45) is 0 Å². The topological polar surface area (TPSA) is 42.7 Å². The molecule has 0 aromatic carbocycles. The van der Waals surface area contributed by atoms with Crippen molar-refractivity contribution in [3.05, 3.63) is 34.3 Å². The van der Waals surface area contributed by atoms with Crippen LogP contribution < -0.4 is 5.32 Å². The molecule has 1 atom stereocenters. The Morgan fingerprint density at radius 1 is 1.37 bits per heavy atom. The van der Waals surface area contributed by atoms with Gasteiger partial charge in [-0.3, -0.25) is 0 Å². The summed E-state index contributed by atoms with van der Waals surface area (Å²) in [5.74, 6) is 1.15. The second-order valence-electron chi connectivity index (χ2n) is 4.67. The van der Waals surface area contributed by atoms with Crippen molar-refractivity contribution in [1.29, 1.82) is 0 Å². The van der Waals surface area contributed by atoms with Crippen molar-refractivity contribution in [2.45, 2.75) is 46.2 Å². The summed E-state index contributed by atoms with van der Waals surface area (Å²) in [4.78, 5) is 9.02. The number of hydrogen-bond acceptors (Lipinski definition) is 4. The number of aryl methyl sites for hydroxylation is 2. The lowest BCUT2D eigenvalue weighted by molar-refractivity contribution is 0.498. The van der Waals surface area contributed by atoms with Gasteiger partial charge in [0.05, 0.1) is 5.01 Å². The van der Waals surface area contributed by atoms with E-state index in [-0.39, 0.29) is 0 Å². The molecule has 2 aromatic rings. The smallest absolute Gasteiger partial charge is 0.110 e. The first-order valence-electron chi connectivity index (χ1n) is 6.87. The van der Waals surface area contributed by atoms with Crippen molar-refractivity contribution in [3.8, 4) is 0 Å². The number of aromatic nitrogens is 3. The summed E-state index contributed by atoms with van der Waals surface area (Å²) in [5, 5.41) is 6.87. The first-order valence-corrected chi connectivity index (χ1v) is 7.75. The predicted octanol–water partition coefficient (Wildman–Crippen LogP) is 2.43. The molecular formula is C14H22N4S. The summed E-state index contributed by atoms with van der Waals surface area (Å²) in [5.41, 5.74) is 1.12. The minimum absolute atomic E-state index is 0.406. The van der Waals surface area contributed by atoms with Crippen LogP contribution in [-0.2, 0) is 19.4 Å². The molecule has 2 heterocycles. The first kappa shape index (κ1) is 14.2. The largest absolute Gasteiger partial charge is 0.335 e. The van der Waals surface area contributed by atoms with Crippen molar-refractivity contribution in [3.63, 3.8) is 0 Å². The number of imidazole rings is 1. The molecule has 19 heavy (non-hydrogen) atoms. The Morgan fingerprint density at radius 2 is 2.21 bits per heavy atom. The van der Waals surface area contributed by atoms with Gasteiger partial charge in [0.1, 0.15) is 5.82 Å². The van der Waals surface area contributed by atoms with Crippen LogP contribution in [-0.4, -0.2) is 27.1 Å². The van der Waals surface area contributed by atoms with E-state index in [4.69, 9.17) is 0 Å². The van der Waals surface area contributed by atoms with E-state index >= 15 is 0 Å². The average molecular weight is 278 g/mol. The van der Waals surface area contributed by atoms with Gasteiger partial charge >= 0.3 is 0 Å². The van der Waals surface area contributed by atoms with E-state index in [0.717, 1.165) is 37.4 Å². The lowest BCUT2D eigenvalue weighted by Crippen LogP contribution is -2.34. The summed E-state index contributed by atoms with van der Waals surface area (Å²) < 4.78 is 2.21. The van der Waals surface area contributed by atoms with Gasteiger partial charge in [0.25, 0.3) is 0 Å². The second-order valence-corrected chi connectivity index (χ2v) is 5.62. The van der Waals surface area contributed by atoms with E-state index in [1.165, 1.54) is 5.01 Å². The monoisotopic (exact) mass is 278 g/mol. The fraction of sp³-hybridized carbons (Fsp3) is 0.571. The molecule has 5 heteroatoms. The van der Waals surface area contributed by atoms with Crippen molar-refractivity contribution < 1.29 is 0 Å². The summed E-state index contributed by atoms with van der Waals surface area (Å²) in [6, 6.07) is 0.406. The van der Waals surface area contributed by atoms with E-state index in [9.17, 15) is 0 Å². The fourth-order valence-electron chi connectivity index (χ4n) is 2.25. The van der Waals surface area contributed by atoms with Gasteiger partial charge in [0.2, 0.25) is 0 Å². The van der Waals surface area contributed by atoms with E-state index in [2.05, 4.69) is 39.1 Å². The zero-order valence-corrected chi connectivity index (χ0v) is 12.7. The quantitative estimate of drug-likeness (QED) is 0.846. The Labute approximate surface area is 118 Å². The van der Waals surface area contributed by atoms with Gasteiger partial charge in [0.15, 0.2) is 0 Å². The first-order chi connectivity index (χ1) is 9.22. The van der Waals surface area contributed by atoms with Gasteiger partial charge in [-0.25, -0.2) is 9.97 Å². The van der Waals surface area contributed by atoms with Crippen LogP contribution in [0.4, 0.5) is 0 Å². The molecule has 0 aliphatic rings. The molecule has 0 bridgehead atoms. The molecule has 0 spiro atoms. The van der Waals surface area contributed by atoms with E-state index in [1.54, 1.807) is 11.3 Å². The molecule has 0 amide bonds. The van der Waals surface area contributed by atoms with Gasteiger partial charge in [-0.1, -0.05) is 6.92 Å². The van der Waals surface area contributed by atoms with Crippen molar-refractivity contribution in [2.75, 3.05) is 6.54 Å². The molecule has 2 aromatic heterocycles. The van der Waals surface area contributed by atoms with Crippen LogP contribution in [0.1, 0.15) is 30.4 Å². The van der Waals surface area contributed by atoms with Gasteiger partial charge in [-0.15, -0.1) is 11.3 Å². The van der Waals surface area contributed by atoms with Crippen LogP contribution in [0.5, 0.6) is 0 Å². The lowest BCUT2D eigenvalue weighted by atomic mass is 10.1. The minimum Gasteiger partial charge on any atom is -0.335 e. The van der Waals surface area contributed by atoms with Crippen LogP contribution in [0, 0.1) is 6.92 Å². The zero-order valence-electron chi connectivity index (χ0n) is 11.9. The van der Waals surface area contributed by atoms with E-state index in [1.807, 2.05) is 19.3 Å². The van der Waals surface area contributed by atoms with Crippen molar-refractivity contribution >= 4 is 11.3 Å². The number of nitrogens with one attached hydrogen (secondary N) is 1. The zero-order chi connectivity index (χ0) is 13.7. The SMILES string of the molecule is CCNC(Cc1nc(C)cs1)Cc1nccn1CC. The van der Waals surface area contributed by atoms with Crippen LogP contribution in [0.2, 0.25) is 0 Å². The third-order valence-electron chi connectivity index (χ3n) is 3.15. The highest BCUT2D eigenvalue weighted by molar-refractivity contribution is 7.09. The third kappa shape index (κ3) is 3.88. The number of rotatable bonds is 7. The molecular weight excluding hydrogens is 256 g/mol. The molecule has 0 saturated carbocycles. The van der Waals surface area contributed by atoms with Gasteiger partial charge in [-0.05, 0) is 20.4 Å². The Kier molecular flexibility index (Phi) is 5.10. The third-order valence-corrected chi connectivity index (χ3v) is 4.14. The molecule has 1 unspecified atom stereocenters. The Morgan fingerprint density at radius 3 is 2.84 bits per heavy atom. The van der Waals surface area contributed by atoms with Crippen LogP contribution in [0.3, 0.4) is 0 Å². The lowest BCUT2D eigenvalue weighted by Gasteiger charge is -2.17. The Hall–Kier alpha value is -1.20. The highest BCUT2D eigenvalue weighted by Crippen LogP contribution is 2.13. The standard InChI is InChI=1S/C14H22N4S/c1-4-15-12(9-14-17-11(3)10-19-14)8-13-16-6-7-18(13)5-2/h6-7,10,12,15H,4-5,8-9H2,1-3H3. The Bertz CT molecular complexity index is 503. The Balaban J connectivity index is 2.03. The van der Waals surface area contributed by atoms with Gasteiger partial charge in [-0.2, -0.15) is 0 Å². The maximum atomic E-state index is 4.56.